The van der Waals surface area contributed by atoms with Gasteiger partial charge in [-0.25, -0.2) is 0 Å². The molecule has 2 fully saturated rings. The third-order valence-electron chi connectivity index (χ3n) is 5.34. The van der Waals surface area contributed by atoms with Crippen LogP contribution < -0.4 is 5.32 Å². The molecule has 21 heavy (non-hydrogen) atoms. The lowest BCUT2D eigenvalue weighted by Crippen LogP contribution is -2.51. The van der Waals surface area contributed by atoms with E-state index in [0.29, 0.717) is 6.10 Å². The zero-order valence-electron chi connectivity index (χ0n) is 13.7. The fourth-order valence-corrected chi connectivity index (χ4v) is 3.82. The van der Waals surface area contributed by atoms with Gasteiger partial charge in [0.2, 0.25) is 0 Å². The highest BCUT2D eigenvalue weighted by Crippen LogP contribution is 2.25. The zero-order valence-corrected chi connectivity index (χ0v) is 13.7. The molecule has 3 heteroatoms. The van der Waals surface area contributed by atoms with Crippen LogP contribution in [0.3, 0.4) is 0 Å². The van der Waals surface area contributed by atoms with Crippen LogP contribution in [-0.4, -0.2) is 36.5 Å². The first-order chi connectivity index (χ1) is 10.3. The van der Waals surface area contributed by atoms with Gasteiger partial charge in [-0.15, -0.1) is 0 Å². The van der Waals surface area contributed by atoms with Crippen molar-refractivity contribution in [3.05, 3.63) is 0 Å². The highest BCUT2D eigenvalue weighted by atomic mass is 16.5. The summed E-state index contributed by atoms with van der Waals surface area (Å²) in [5.74, 6) is 0. The Labute approximate surface area is 130 Å². The molecule has 1 saturated carbocycles. The van der Waals surface area contributed by atoms with Crippen molar-refractivity contribution in [1.82, 2.24) is 5.32 Å². The summed E-state index contributed by atoms with van der Waals surface area (Å²) in [6.45, 7) is 2.11. The van der Waals surface area contributed by atoms with Gasteiger partial charge in [0.1, 0.15) is 0 Å². The predicted molar refractivity (Wildman–Crippen MR) is 87.6 cm³/mol. The van der Waals surface area contributed by atoms with E-state index in [1.54, 1.807) is 0 Å². The smallest absolute Gasteiger partial charge is 0.0700 e. The summed E-state index contributed by atoms with van der Waals surface area (Å²) in [5.41, 5.74) is -0.0504. The normalized spacial score (nSPS) is 28.7. The standard InChI is InChI=1S/C18H35NO2/c20-16-18(19-15-17-11-10-14-21-17)12-8-6-4-2-1-3-5-7-9-13-18/h17,19-20H,1-16H2. The molecule has 124 valence electrons. The summed E-state index contributed by atoms with van der Waals surface area (Å²) < 4.78 is 5.73. The van der Waals surface area contributed by atoms with Gasteiger partial charge in [0.05, 0.1) is 12.7 Å². The first kappa shape index (κ1) is 17.2. The topological polar surface area (TPSA) is 41.5 Å². The molecule has 0 radical (unpaired) electrons. The molecule has 0 amide bonds. The number of aliphatic hydroxyl groups is 1. The van der Waals surface area contributed by atoms with Crippen LogP contribution in [0.2, 0.25) is 0 Å². The van der Waals surface area contributed by atoms with E-state index in [1.807, 2.05) is 0 Å². The van der Waals surface area contributed by atoms with Crippen LogP contribution >= 0.6 is 0 Å². The molecular weight excluding hydrogens is 262 g/mol. The number of hydrogen-bond acceptors (Lipinski definition) is 3. The third kappa shape index (κ3) is 6.25. The molecule has 1 aliphatic carbocycles. The summed E-state index contributed by atoms with van der Waals surface area (Å²) in [6.07, 6.45) is 17.1. The molecule has 1 unspecified atom stereocenters. The van der Waals surface area contributed by atoms with Crippen molar-refractivity contribution in [3.63, 3.8) is 0 Å². The van der Waals surface area contributed by atoms with Gasteiger partial charge < -0.3 is 15.2 Å². The van der Waals surface area contributed by atoms with E-state index >= 15 is 0 Å². The lowest BCUT2D eigenvalue weighted by atomic mass is 9.86. The van der Waals surface area contributed by atoms with Gasteiger partial charge in [-0.1, -0.05) is 57.8 Å². The van der Waals surface area contributed by atoms with Crippen LogP contribution in [0, 0.1) is 0 Å². The van der Waals surface area contributed by atoms with E-state index < -0.39 is 0 Å². The SMILES string of the molecule is OCC1(NCC2CCCO2)CCCCCCCCCCC1. The van der Waals surface area contributed by atoms with E-state index in [0.717, 1.165) is 26.0 Å². The molecule has 2 rings (SSSR count). The summed E-state index contributed by atoms with van der Waals surface area (Å²) in [6, 6.07) is 0. The molecule has 1 saturated heterocycles. The van der Waals surface area contributed by atoms with Gasteiger partial charge in [-0.2, -0.15) is 0 Å². The molecule has 1 aliphatic heterocycles. The Morgan fingerprint density at radius 3 is 1.90 bits per heavy atom. The number of nitrogens with one attached hydrogen (secondary N) is 1. The number of hydrogen-bond donors (Lipinski definition) is 2. The predicted octanol–water partition coefficient (Wildman–Crippen LogP) is 3.79. The highest BCUT2D eigenvalue weighted by molar-refractivity contribution is 4.89. The van der Waals surface area contributed by atoms with Crippen molar-refractivity contribution in [1.29, 1.82) is 0 Å². The van der Waals surface area contributed by atoms with Crippen molar-refractivity contribution >= 4 is 0 Å². The molecule has 1 atom stereocenters. The molecule has 0 spiro atoms. The Morgan fingerprint density at radius 2 is 1.43 bits per heavy atom. The average Bonchev–Trinajstić information content (AvgIpc) is 3.01. The summed E-state index contributed by atoms with van der Waals surface area (Å²) in [7, 11) is 0. The van der Waals surface area contributed by atoms with Crippen molar-refractivity contribution in [2.75, 3.05) is 19.8 Å². The Bertz CT molecular complexity index is 252. The van der Waals surface area contributed by atoms with Gasteiger partial charge in [0.15, 0.2) is 0 Å². The summed E-state index contributed by atoms with van der Waals surface area (Å²) in [4.78, 5) is 0. The maximum atomic E-state index is 10.0. The lowest BCUT2D eigenvalue weighted by molar-refractivity contribution is 0.0799. The number of aliphatic hydroxyl groups excluding tert-OH is 1. The molecule has 2 N–H and O–H groups in total. The maximum absolute atomic E-state index is 10.0. The minimum absolute atomic E-state index is 0.0504. The van der Waals surface area contributed by atoms with Gasteiger partial charge in [-0.3, -0.25) is 0 Å². The second-order valence-corrected chi connectivity index (χ2v) is 7.14. The molecule has 0 aromatic heterocycles. The van der Waals surface area contributed by atoms with Crippen LogP contribution in [0.25, 0.3) is 0 Å². The van der Waals surface area contributed by atoms with Crippen LogP contribution in [-0.2, 0) is 4.74 Å². The van der Waals surface area contributed by atoms with Crippen LogP contribution in [0.5, 0.6) is 0 Å². The minimum atomic E-state index is -0.0504. The third-order valence-corrected chi connectivity index (χ3v) is 5.34. The van der Waals surface area contributed by atoms with Crippen molar-refractivity contribution in [3.8, 4) is 0 Å². The molecule has 1 heterocycles. The zero-order chi connectivity index (χ0) is 14.8. The largest absolute Gasteiger partial charge is 0.394 e. The first-order valence-electron chi connectivity index (χ1n) is 9.32. The molecular formula is C18H35NO2. The second-order valence-electron chi connectivity index (χ2n) is 7.14. The Kier molecular flexibility index (Phi) is 8.05. The summed E-state index contributed by atoms with van der Waals surface area (Å²) in [5, 5.41) is 13.7. The fourth-order valence-electron chi connectivity index (χ4n) is 3.82. The van der Waals surface area contributed by atoms with Gasteiger partial charge >= 0.3 is 0 Å². The fraction of sp³-hybridized carbons (Fsp3) is 1.00. The Hall–Kier alpha value is -0.120. The van der Waals surface area contributed by atoms with Crippen LogP contribution in [0.15, 0.2) is 0 Å². The van der Waals surface area contributed by atoms with E-state index in [4.69, 9.17) is 4.74 Å². The minimum Gasteiger partial charge on any atom is -0.394 e. The van der Waals surface area contributed by atoms with E-state index in [1.165, 1.54) is 70.6 Å². The maximum Gasteiger partial charge on any atom is 0.0700 e. The lowest BCUT2D eigenvalue weighted by Gasteiger charge is -2.35. The van der Waals surface area contributed by atoms with E-state index in [-0.39, 0.29) is 12.1 Å². The van der Waals surface area contributed by atoms with E-state index in [9.17, 15) is 5.11 Å². The first-order valence-corrected chi connectivity index (χ1v) is 9.32. The number of rotatable bonds is 4. The highest BCUT2D eigenvalue weighted by Gasteiger charge is 2.29. The molecule has 2 aliphatic rings. The van der Waals surface area contributed by atoms with Crippen molar-refractivity contribution < 1.29 is 9.84 Å². The Morgan fingerprint density at radius 1 is 0.857 bits per heavy atom. The van der Waals surface area contributed by atoms with Gasteiger partial charge in [0, 0.05) is 18.7 Å². The monoisotopic (exact) mass is 297 g/mol. The van der Waals surface area contributed by atoms with Gasteiger partial charge in [0.25, 0.3) is 0 Å². The van der Waals surface area contributed by atoms with Gasteiger partial charge in [-0.05, 0) is 25.7 Å². The second kappa shape index (κ2) is 9.81. The van der Waals surface area contributed by atoms with Crippen molar-refractivity contribution in [2.24, 2.45) is 0 Å². The molecule has 3 nitrogen and oxygen atoms in total. The molecule has 0 aromatic rings. The average molecular weight is 297 g/mol. The van der Waals surface area contributed by atoms with Crippen molar-refractivity contribution in [2.45, 2.75) is 95.1 Å². The quantitative estimate of drug-likeness (QED) is 0.829. The van der Waals surface area contributed by atoms with Crippen LogP contribution in [0.4, 0.5) is 0 Å². The number of ether oxygens (including phenoxy) is 1. The van der Waals surface area contributed by atoms with Crippen LogP contribution in [0.1, 0.15) is 83.5 Å². The summed E-state index contributed by atoms with van der Waals surface area (Å²) >= 11 is 0. The molecule has 0 bridgehead atoms. The van der Waals surface area contributed by atoms with E-state index in [2.05, 4.69) is 5.32 Å². The Balaban J connectivity index is 1.83. The molecule has 0 aromatic carbocycles.